The zero-order chi connectivity index (χ0) is 15.4. The molecule has 0 spiro atoms. The smallest absolute Gasteiger partial charge is 0.261 e. The number of aliphatic hydroxyl groups is 1. The van der Waals surface area contributed by atoms with Crippen LogP contribution in [0.3, 0.4) is 0 Å². The molecule has 0 saturated carbocycles. The zero-order valence-electron chi connectivity index (χ0n) is 12.3. The van der Waals surface area contributed by atoms with Gasteiger partial charge in [0.05, 0.1) is 6.61 Å². The minimum atomic E-state index is -0.379. The van der Waals surface area contributed by atoms with Crippen LogP contribution in [0.1, 0.15) is 29.3 Å². The lowest BCUT2D eigenvalue weighted by Crippen LogP contribution is -2.38. The summed E-state index contributed by atoms with van der Waals surface area (Å²) >= 11 is 0. The van der Waals surface area contributed by atoms with Gasteiger partial charge in [0.2, 0.25) is 0 Å². The van der Waals surface area contributed by atoms with Gasteiger partial charge in [-0.15, -0.1) is 0 Å². The first kappa shape index (κ1) is 15.3. The third kappa shape index (κ3) is 2.97. The average molecular weight is 288 g/mol. The van der Waals surface area contributed by atoms with Gasteiger partial charge >= 0.3 is 0 Å². The lowest BCUT2D eigenvalue weighted by molar-refractivity contribution is 0.0719. The van der Waals surface area contributed by atoms with E-state index in [4.69, 9.17) is 5.11 Å². The highest BCUT2D eigenvalue weighted by molar-refractivity contribution is 5.99. The summed E-state index contributed by atoms with van der Waals surface area (Å²) in [6.07, 6.45) is 0.774. The molecule has 112 valence electrons. The highest BCUT2D eigenvalue weighted by Crippen LogP contribution is 2.18. The van der Waals surface area contributed by atoms with Gasteiger partial charge in [-0.2, -0.15) is 0 Å². The van der Waals surface area contributed by atoms with Crippen LogP contribution in [0.25, 0.3) is 10.9 Å². The molecule has 0 fully saturated rings. The van der Waals surface area contributed by atoms with Crippen molar-refractivity contribution in [2.75, 3.05) is 19.7 Å². The van der Waals surface area contributed by atoms with Gasteiger partial charge < -0.3 is 15.0 Å². The van der Waals surface area contributed by atoms with Crippen molar-refractivity contribution in [3.63, 3.8) is 0 Å². The number of nitrogens with zero attached hydrogens (tertiary/aromatic N) is 1. The maximum Gasteiger partial charge on any atom is 0.261 e. The van der Waals surface area contributed by atoms with Crippen molar-refractivity contribution in [1.82, 2.24) is 9.88 Å². The van der Waals surface area contributed by atoms with Crippen LogP contribution >= 0.6 is 0 Å². The number of pyridine rings is 1. The molecule has 0 radical (unpaired) electrons. The standard InChI is InChI=1S/C16H20N2O3/c1-3-8-18(9-10-19)16(21)14-11(2)12-6-4-5-7-13(12)17-15(14)20/h4-7,19H,3,8-10H2,1-2H3,(H,17,20). The number of para-hydroxylation sites is 1. The maximum absolute atomic E-state index is 12.6. The Bertz CT molecular complexity index is 700. The molecule has 1 amide bonds. The summed E-state index contributed by atoms with van der Waals surface area (Å²) < 4.78 is 0. The Balaban J connectivity index is 2.54. The third-order valence-corrected chi connectivity index (χ3v) is 3.55. The fourth-order valence-electron chi connectivity index (χ4n) is 2.53. The van der Waals surface area contributed by atoms with Crippen LogP contribution in [0.15, 0.2) is 29.1 Å². The van der Waals surface area contributed by atoms with Crippen LogP contribution in [0.2, 0.25) is 0 Å². The Morgan fingerprint density at radius 3 is 2.67 bits per heavy atom. The second-order valence-electron chi connectivity index (χ2n) is 5.02. The molecule has 5 nitrogen and oxygen atoms in total. The van der Waals surface area contributed by atoms with E-state index >= 15 is 0 Å². The lowest BCUT2D eigenvalue weighted by Gasteiger charge is -2.21. The van der Waals surface area contributed by atoms with E-state index in [1.807, 2.05) is 31.2 Å². The number of aromatic nitrogens is 1. The number of fused-ring (bicyclic) bond motifs is 1. The molecule has 2 aromatic rings. The van der Waals surface area contributed by atoms with E-state index in [-0.39, 0.29) is 30.2 Å². The highest BCUT2D eigenvalue weighted by Gasteiger charge is 2.21. The van der Waals surface area contributed by atoms with Gasteiger partial charge in [0.1, 0.15) is 5.56 Å². The van der Waals surface area contributed by atoms with E-state index in [0.29, 0.717) is 12.1 Å². The molecule has 5 heteroatoms. The Labute approximate surface area is 123 Å². The van der Waals surface area contributed by atoms with E-state index in [1.54, 1.807) is 6.92 Å². The summed E-state index contributed by atoms with van der Waals surface area (Å²) in [6.45, 7) is 4.38. The number of rotatable bonds is 5. The molecular formula is C16H20N2O3. The largest absolute Gasteiger partial charge is 0.395 e. The van der Waals surface area contributed by atoms with Gasteiger partial charge in [-0.3, -0.25) is 9.59 Å². The highest BCUT2D eigenvalue weighted by atomic mass is 16.3. The summed E-state index contributed by atoms with van der Waals surface area (Å²) in [7, 11) is 0. The number of benzene rings is 1. The number of amides is 1. The molecule has 0 saturated heterocycles. The molecule has 0 bridgehead atoms. The number of carbonyl (C=O) groups excluding carboxylic acids is 1. The molecule has 0 atom stereocenters. The second kappa shape index (κ2) is 6.54. The molecule has 0 unspecified atom stereocenters. The lowest BCUT2D eigenvalue weighted by atomic mass is 10.0. The van der Waals surface area contributed by atoms with Crippen molar-refractivity contribution in [2.45, 2.75) is 20.3 Å². The molecular weight excluding hydrogens is 268 g/mol. The van der Waals surface area contributed by atoms with Gasteiger partial charge in [-0.1, -0.05) is 25.1 Å². The van der Waals surface area contributed by atoms with Crippen LogP contribution in [-0.2, 0) is 0 Å². The zero-order valence-corrected chi connectivity index (χ0v) is 12.3. The van der Waals surface area contributed by atoms with E-state index < -0.39 is 0 Å². The number of nitrogens with one attached hydrogen (secondary N) is 1. The molecule has 0 aliphatic heterocycles. The van der Waals surface area contributed by atoms with Crippen LogP contribution in [-0.4, -0.2) is 40.6 Å². The summed E-state index contributed by atoms with van der Waals surface area (Å²) in [4.78, 5) is 29.1. The number of hydrogen-bond donors (Lipinski definition) is 2. The fraction of sp³-hybridized carbons (Fsp3) is 0.375. The predicted molar refractivity (Wildman–Crippen MR) is 82.6 cm³/mol. The predicted octanol–water partition coefficient (Wildman–Crippen LogP) is 1.68. The van der Waals surface area contributed by atoms with Gasteiger partial charge in [0, 0.05) is 24.0 Å². The molecule has 2 rings (SSSR count). The third-order valence-electron chi connectivity index (χ3n) is 3.55. The Hall–Kier alpha value is -2.14. The van der Waals surface area contributed by atoms with Crippen LogP contribution in [0.4, 0.5) is 0 Å². The summed E-state index contributed by atoms with van der Waals surface area (Å²) in [6, 6.07) is 7.41. The number of aromatic amines is 1. The van der Waals surface area contributed by atoms with E-state index in [0.717, 1.165) is 17.3 Å². The van der Waals surface area contributed by atoms with Crippen molar-refractivity contribution < 1.29 is 9.90 Å². The fourth-order valence-corrected chi connectivity index (χ4v) is 2.53. The van der Waals surface area contributed by atoms with Crippen molar-refractivity contribution in [3.05, 3.63) is 45.7 Å². The Morgan fingerprint density at radius 2 is 2.00 bits per heavy atom. The molecule has 0 aliphatic carbocycles. The molecule has 0 aliphatic rings. The summed E-state index contributed by atoms with van der Waals surface area (Å²) in [5.74, 6) is -0.324. The second-order valence-corrected chi connectivity index (χ2v) is 5.02. The summed E-state index contributed by atoms with van der Waals surface area (Å²) in [5.41, 5.74) is 1.19. The normalized spacial score (nSPS) is 10.8. The monoisotopic (exact) mass is 288 g/mol. The van der Waals surface area contributed by atoms with Crippen molar-refractivity contribution in [2.24, 2.45) is 0 Å². The van der Waals surface area contributed by atoms with E-state index in [2.05, 4.69) is 4.98 Å². The number of hydrogen-bond acceptors (Lipinski definition) is 3. The minimum Gasteiger partial charge on any atom is -0.395 e. The van der Waals surface area contributed by atoms with E-state index in [9.17, 15) is 9.59 Å². The summed E-state index contributed by atoms with van der Waals surface area (Å²) in [5, 5.41) is 9.95. The number of aliphatic hydroxyl groups excluding tert-OH is 1. The van der Waals surface area contributed by atoms with Gasteiger partial charge in [0.15, 0.2) is 0 Å². The first-order valence-corrected chi connectivity index (χ1v) is 7.11. The SMILES string of the molecule is CCCN(CCO)C(=O)c1c(C)c2ccccc2[nH]c1=O. The first-order chi connectivity index (χ1) is 10.1. The first-order valence-electron chi connectivity index (χ1n) is 7.11. The molecule has 2 N–H and O–H groups in total. The number of H-pyrrole nitrogens is 1. The molecule has 1 aromatic heterocycles. The van der Waals surface area contributed by atoms with E-state index in [1.165, 1.54) is 4.90 Å². The maximum atomic E-state index is 12.6. The van der Waals surface area contributed by atoms with Crippen LogP contribution in [0.5, 0.6) is 0 Å². The number of aryl methyl sites for hydroxylation is 1. The Kier molecular flexibility index (Phi) is 4.75. The topological polar surface area (TPSA) is 73.4 Å². The van der Waals surface area contributed by atoms with Crippen molar-refractivity contribution >= 4 is 16.8 Å². The quantitative estimate of drug-likeness (QED) is 0.879. The van der Waals surface area contributed by atoms with Gasteiger partial charge in [0.25, 0.3) is 11.5 Å². The average Bonchev–Trinajstić information content (AvgIpc) is 2.47. The van der Waals surface area contributed by atoms with Gasteiger partial charge in [-0.25, -0.2) is 0 Å². The molecule has 1 heterocycles. The van der Waals surface area contributed by atoms with Crippen LogP contribution < -0.4 is 5.56 Å². The molecule has 1 aromatic carbocycles. The van der Waals surface area contributed by atoms with Crippen molar-refractivity contribution in [1.29, 1.82) is 0 Å². The van der Waals surface area contributed by atoms with Crippen LogP contribution in [0, 0.1) is 6.92 Å². The Morgan fingerprint density at radius 1 is 1.29 bits per heavy atom. The van der Waals surface area contributed by atoms with Crippen molar-refractivity contribution in [3.8, 4) is 0 Å². The minimum absolute atomic E-state index is 0.115. The van der Waals surface area contributed by atoms with Gasteiger partial charge in [-0.05, 0) is 25.0 Å². The molecule has 21 heavy (non-hydrogen) atoms. The number of carbonyl (C=O) groups is 1.